The molecule has 0 radical (unpaired) electrons. The van der Waals surface area contributed by atoms with Crippen LogP contribution in [0.1, 0.15) is 36.9 Å². The molecule has 2 heterocycles. The monoisotopic (exact) mass is 321 g/mol. The first-order valence-electron chi connectivity index (χ1n) is 7.57. The van der Waals surface area contributed by atoms with Crippen LogP contribution in [-0.4, -0.2) is 21.2 Å². The highest BCUT2D eigenvalue weighted by Gasteiger charge is 2.13. The van der Waals surface area contributed by atoms with E-state index in [-0.39, 0.29) is 5.91 Å². The van der Waals surface area contributed by atoms with Crippen molar-refractivity contribution in [3.05, 3.63) is 35.5 Å². The van der Waals surface area contributed by atoms with Gasteiger partial charge in [-0.1, -0.05) is 25.1 Å². The Bertz CT molecular complexity index is 605. The van der Waals surface area contributed by atoms with Crippen molar-refractivity contribution in [1.82, 2.24) is 14.9 Å². The average Bonchev–Trinajstić information content (AvgIpc) is 3.11. The predicted octanol–water partition coefficient (Wildman–Crippen LogP) is 3.30. The number of imidazole rings is 1. The van der Waals surface area contributed by atoms with E-state index in [4.69, 9.17) is 4.42 Å². The van der Waals surface area contributed by atoms with E-state index < -0.39 is 0 Å². The molecule has 120 valence electrons. The number of furan rings is 1. The molecule has 6 heteroatoms. The lowest BCUT2D eigenvalue weighted by atomic mass is 10.3. The van der Waals surface area contributed by atoms with E-state index in [0.29, 0.717) is 12.3 Å². The molecule has 0 unspecified atom stereocenters. The van der Waals surface area contributed by atoms with Crippen LogP contribution in [0.3, 0.4) is 0 Å². The first-order valence-corrected chi connectivity index (χ1v) is 8.56. The van der Waals surface area contributed by atoms with Crippen molar-refractivity contribution < 1.29 is 9.21 Å². The van der Waals surface area contributed by atoms with Crippen molar-refractivity contribution in [2.45, 2.75) is 51.9 Å². The van der Waals surface area contributed by atoms with E-state index >= 15 is 0 Å². The van der Waals surface area contributed by atoms with Crippen LogP contribution in [0.5, 0.6) is 0 Å². The highest BCUT2D eigenvalue weighted by atomic mass is 32.2. The third-order valence-corrected chi connectivity index (χ3v) is 4.51. The van der Waals surface area contributed by atoms with Gasteiger partial charge >= 0.3 is 0 Å². The number of thioether (sulfide) groups is 1. The number of nitrogens with zero attached hydrogens (tertiary/aromatic N) is 2. The largest absolute Gasteiger partial charge is 0.467 e. The van der Waals surface area contributed by atoms with Crippen LogP contribution in [0.25, 0.3) is 0 Å². The zero-order valence-electron chi connectivity index (χ0n) is 13.4. The molecule has 2 aromatic heterocycles. The molecule has 0 saturated heterocycles. The molecular weight excluding hydrogens is 298 g/mol. The Morgan fingerprint density at radius 3 is 2.95 bits per heavy atom. The molecule has 0 fully saturated rings. The second-order valence-corrected chi connectivity index (χ2v) is 6.16. The Hall–Kier alpha value is -1.69. The molecule has 0 aromatic carbocycles. The Morgan fingerprint density at radius 2 is 2.27 bits per heavy atom. The summed E-state index contributed by atoms with van der Waals surface area (Å²) < 4.78 is 7.40. The molecule has 0 aliphatic rings. The van der Waals surface area contributed by atoms with Gasteiger partial charge < -0.3 is 14.3 Å². The summed E-state index contributed by atoms with van der Waals surface area (Å²) in [5, 5.41) is 3.78. The highest BCUT2D eigenvalue weighted by molar-refractivity contribution is 7.99. The quantitative estimate of drug-likeness (QED) is 0.758. The molecule has 2 aromatic rings. The number of amides is 1. The molecule has 1 N–H and O–H groups in total. The van der Waals surface area contributed by atoms with Gasteiger partial charge in [0.2, 0.25) is 5.91 Å². The summed E-state index contributed by atoms with van der Waals surface area (Å²) in [5.74, 6) is 1.11. The van der Waals surface area contributed by atoms with Crippen LogP contribution in [0.2, 0.25) is 0 Å². The van der Waals surface area contributed by atoms with Gasteiger partial charge in [0.1, 0.15) is 5.76 Å². The van der Waals surface area contributed by atoms with Crippen LogP contribution in [0.15, 0.2) is 28.0 Å². The Kier molecular flexibility index (Phi) is 6.12. The predicted molar refractivity (Wildman–Crippen MR) is 87.9 cm³/mol. The van der Waals surface area contributed by atoms with Crippen molar-refractivity contribution in [3.63, 3.8) is 0 Å². The van der Waals surface area contributed by atoms with Gasteiger partial charge in [0, 0.05) is 12.2 Å². The molecule has 5 nitrogen and oxygen atoms in total. The lowest BCUT2D eigenvalue weighted by Gasteiger charge is -2.09. The van der Waals surface area contributed by atoms with E-state index in [1.54, 1.807) is 6.26 Å². The molecule has 0 aliphatic carbocycles. The van der Waals surface area contributed by atoms with Crippen LogP contribution in [-0.2, 0) is 17.9 Å². The van der Waals surface area contributed by atoms with E-state index in [1.807, 2.05) is 19.1 Å². The molecule has 0 bridgehead atoms. The third-order valence-electron chi connectivity index (χ3n) is 3.53. The Balaban J connectivity index is 1.87. The van der Waals surface area contributed by atoms with Crippen molar-refractivity contribution in [2.75, 3.05) is 5.75 Å². The number of hydrogen-bond acceptors (Lipinski definition) is 4. The van der Waals surface area contributed by atoms with Gasteiger partial charge in [0.15, 0.2) is 5.16 Å². The van der Waals surface area contributed by atoms with Crippen LogP contribution in [0, 0.1) is 13.8 Å². The van der Waals surface area contributed by atoms with Gasteiger partial charge in [0.25, 0.3) is 0 Å². The van der Waals surface area contributed by atoms with E-state index in [1.165, 1.54) is 17.5 Å². The van der Waals surface area contributed by atoms with Gasteiger partial charge in [-0.2, -0.15) is 0 Å². The van der Waals surface area contributed by atoms with E-state index in [0.717, 1.165) is 36.0 Å². The van der Waals surface area contributed by atoms with E-state index in [2.05, 4.69) is 28.7 Å². The molecule has 0 atom stereocenters. The van der Waals surface area contributed by atoms with Crippen molar-refractivity contribution in [2.24, 2.45) is 0 Å². The first-order chi connectivity index (χ1) is 10.6. The minimum Gasteiger partial charge on any atom is -0.467 e. The number of rotatable bonds is 8. The molecule has 22 heavy (non-hydrogen) atoms. The maximum atomic E-state index is 11.9. The maximum Gasteiger partial charge on any atom is 0.230 e. The topological polar surface area (TPSA) is 60.1 Å². The van der Waals surface area contributed by atoms with E-state index in [9.17, 15) is 4.79 Å². The SMILES string of the molecule is CCCCn1c(SCC(=O)NCc2ccco2)nc(C)c1C. The Labute approximate surface area is 135 Å². The van der Waals surface area contributed by atoms with Gasteiger partial charge in [-0.3, -0.25) is 4.79 Å². The van der Waals surface area contributed by atoms with Gasteiger partial charge in [-0.25, -0.2) is 4.98 Å². The third kappa shape index (κ3) is 4.40. The zero-order valence-corrected chi connectivity index (χ0v) is 14.2. The normalized spacial score (nSPS) is 10.9. The number of carbonyl (C=O) groups excluding carboxylic acids is 1. The summed E-state index contributed by atoms with van der Waals surface area (Å²) >= 11 is 1.49. The van der Waals surface area contributed by atoms with Crippen molar-refractivity contribution in [3.8, 4) is 0 Å². The standard InChI is InChI=1S/C16H23N3O2S/c1-4-5-8-19-13(3)12(2)18-16(19)22-11-15(20)17-10-14-7-6-9-21-14/h6-7,9H,4-5,8,10-11H2,1-3H3,(H,17,20). The number of unbranched alkanes of at least 4 members (excludes halogenated alkanes) is 1. The number of carbonyl (C=O) groups is 1. The smallest absolute Gasteiger partial charge is 0.230 e. The molecule has 0 aliphatic heterocycles. The maximum absolute atomic E-state index is 11.9. The summed E-state index contributed by atoms with van der Waals surface area (Å²) in [6.45, 7) is 7.65. The number of aromatic nitrogens is 2. The van der Waals surface area contributed by atoms with Crippen LogP contribution >= 0.6 is 11.8 Å². The molecule has 0 spiro atoms. The molecule has 0 saturated carbocycles. The molecular formula is C16H23N3O2S. The lowest BCUT2D eigenvalue weighted by Crippen LogP contribution is -2.24. The summed E-state index contributed by atoms with van der Waals surface area (Å²) in [6, 6.07) is 3.66. The average molecular weight is 321 g/mol. The highest BCUT2D eigenvalue weighted by Crippen LogP contribution is 2.21. The zero-order chi connectivity index (χ0) is 15.9. The summed E-state index contributed by atoms with van der Waals surface area (Å²) in [7, 11) is 0. The fraction of sp³-hybridized carbons (Fsp3) is 0.500. The minimum absolute atomic E-state index is 0.0123. The number of aryl methyl sites for hydroxylation is 1. The van der Waals surface area contributed by atoms with Crippen LogP contribution < -0.4 is 5.32 Å². The van der Waals surface area contributed by atoms with Crippen LogP contribution in [0.4, 0.5) is 0 Å². The Morgan fingerprint density at radius 1 is 1.45 bits per heavy atom. The molecule has 2 rings (SSSR count). The summed E-state index contributed by atoms with van der Waals surface area (Å²) in [4.78, 5) is 16.5. The number of hydrogen-bond donors (Lipinski definition) is 1. The minimum atomic E-state index is -0.0123. The fourth-order valence-corrected chi connectivity index (χ4v) is 3.04. The second-order valence-electron chi connectivity index (χ2n) is 5.22. The lowest BCUT2D eigenvalue weighted by molar-refractivity contribution is -0.118. The second kappa shape index (κ2) is 8.08. The van der Waals surface area contributed by atoms with Gasteiger partial charge in [-0.15, -0.1) is 0 Å². The van der Waals surface area contributed by atoms with Gasteiger partial charge in [-0.05, 0) is 32.4 Å². The molecule has 1 amide bonds. The first kappa shape index (κ1) is 16.7. The van der Waals surface area contributed by atoms with Crippen molar-refractivity contribution >= 4 is 17.7 Å². The number of nitrogens with one attached hydrogen (secondary N) is 1. The fourth-order valence-electron chi connectivity index (χ4n) is 2.09. The van der Waals surface area contributed by atoms with Gasteiger partial charge in [0.05, 0.1) is 24.3 Å². The van der Waals surface area contributed by atoms with Crippen molar-refractivity contribution in [1.29, 1.82) is 0 Å². The summed E-state index contributed by atoms with van der Waals surface area (Å²) in [6.07, 6.45) is 3.87. The summed E-state index contributed by atoms with van der Waals surface area (Å²) in [5.41, 5.74) is 2.22.